The standard InChI is InChI=1S/C5H11O8P.C4H6N4O/c6-1-3(7)5(9)4(8)2-13-14(10,11)12;5-3-4(8-2-9)7-1-6-3/h1,3-5,7-9H,2H2,(H2,10,11,12);1-2H,5H2,(H,6,7)(H,8,9). The molecule has 0 spiro atoms. The van der Waals surface area contributed by atoms with Gasteiger partial charge in [-0.25, -0.2) is 9.55 Å². The summed E-state index contributed by atoms with van der Waals surface area (Å²) in [4.78, 5) is 42.4. The molecule has 14 heteroatoms. The number of nitrogens with two attached hydrogens (primary N) is 1. The van der Waals surface area contributed by atoms with Crippen molar-refractivity contribution in [2.45, 2.75) is 18.3 Å². The molecule has 13 nitrogen and oxygen atoms in total. The fourth-order valence-electron chi connectivity index (χ4n) is 1.06. The Morgan fingerprint density at radius 1 is 1.39 bits per heavy atom. The van der Waals surface area contributed by atoms with Gasteiger partial charge in [-0.2, -0.15) is 0 Å². The van der Waals surface area contributed by atoms with Gasteiger partial charge in [0.2, 0.25) is 6.41 Å². The van der Waals surface area contributed by atoms with Gasteiger partial charge in [0.25, 0.3) is 0 Å². The molecule has 0 bridgehead atoms. The summed E-state index contributed by atoms with van der Waals surface area (Å²) >= 11 is 0. The zero-order valence-electron chi connectivity index (χ0n) is 11.5. The van der Waals surface area contributed by atoms with E-state index in [1.165, 1.54) is 6.33 Å². The number of aldehydes is 1. The molecule has 0 fully saturated rings. The molecule has 9 N–H and O–H groups in total. The first-order chi connectivity index (χ1) is 10.6. The highest BCUT2D eigenvalue weighted by molar-refractivity contribution is 7.46. The van der Waals surface area contributed by atoms with Crippen LogP contribution in [-0.2, 0) is 18.7 Å². The zero-order valence-corrected chi connectivity index (χ0v) is 12.4. The second kappa shape index (κ2) is 10.0. The summed E-state index contributed by atoms with van der Waals surface area (Å²) in [5, 5.41) is 28.9. The molecule has 1 aromatic heterocycles. The summed E-state index contributed by atoms with van der Waals surface area (Å²) in [6.07, 6.45) is -3.54. The predicted molar refractivity (Wildman–Crippen MR) is 74.8 cm³/mol. The number of aromatic nitrogens is 2. The molecule has 132 valence electrons. The normalized spacial score (nSPS) is 14.8. The number of phosphoric ester groups is 1. The Bertz CT molecular complexity index is 533. The topological polar surface area (TPSA) is 228 Å². The van der Waals surface area contributed by atoms with Crippen LogP contribution in [0, 0.1) is 0 Å². The monoisotopic (exact) mass is 356 g/mol. The first kappa shape index (κ1) is 21.1. The molecule has 0 aliphatic heterocycles. The van der Waals surface area contributed by atoms with Crippen LogP contribution in [0.4, 0.5) is 11.6 Å². The molecule has 0 radical (unpaired) electrons. The largest absolute Gasteiger partial charge is 0.469 e. The molecule has 1 rings (SSSR count). The third kappa shape index (κ3) is 9.00. The zero-order chi connectivity index (χ0) is 18.0. The lowest BCUT2D eigenvalue weighted by molar-refractivity contribution is -0.127. The number of anilines is 2. The third-order valence-corrected chi connectivity index (χ3v) is 2.65. The first-order valence-corrected chi connectivity index (χ1v) is 7.34. The van der Waals surface area contributed by atoms with Crippen molar-refractivity contribution in [1.29, 1.82) is 0 Å². The highest BCUT2D eigenvalue weighted by Gasteiger charge is 2.27. The van der Waals surface area contributed by atoms with Gasteiger partial charge in [-0.05, 0) is 0 Å². The minimum atomic E-state index is -4.74. The molecule has 1 heterocycles. The van der Waals surface area contributed by atoms with Crippen LogP contribution in [-0.4, -0.2) is 72.7 Å². The van der Waals surface area contributed by atoms with Gasteiger partial charge in [0, 0.05) is 0 Å². The van der Waals surface area contributed by atoms with Crippen molar-refractivity contribution in [2.24, 2.45) is 0 Å². The molecule has 0 saturated carbocycles. The lowest BCUT2D eigenvalue weighted by Crippen LogP contribution is -2.40. The van der Waals surface area contributed by atoms with E-state index in [0.717, 1.165) is 0 Å². The van der Waals surface area contributed by atoms with Gasteiger partial charge in [0.1, 0.15) is 24.1 Å². The van der Waals surface area contributed by atoms with E-state index in [9.17, 15) is 14.2 Å². The molecule has 0 saturated heterocycles. The molecule has 3 atom stereocenters. The van der Waals surface area contributed by atoms with E-state index in [4.69, 9.17) is 30.8 Å². The average molecular weight is 356 g/mol. The number of nitrogens with one attached hydrogen (secondary N) is 2. The Morgan fingerprint density at radius 2 is 2.00 bits per heavy atom. The van der Waals surface area contributed by atoms with Crippen molar-refractivity contribution < 1.29 is 43.8 Å². The Balaban J connectivity index is 0.000000459. The van der Waals surface area contributed by atoms with Crippen LogP contribution in [0.25, 0.3) is 0 Å². The number of carbonyl (C=O) groups excluding carboxylic acids is 2. The van der Waals surface area contributed by atoms with E-state index in [-0.39, 0.29) is 6.29 Å². The quantitative estimate of drug-likeness (QED) is 0.172. The van der Waals surface area contributed by atoms with Crippen molar-refractivity contribution in [1.82, 2.24) is 9.97 Å². The average Bonchev–Trinajstić information content (AvgIpc) is 2.89. The van der Waals surface area contributed by atoms with Crippen LogP contribution < -0.4 is 11.1 Å². The summed E-state index contributed by atoms with van der Waals surface area (Å²) in [6, 6.07) is 0. The molecule has 0 aliphatic rings. The summed E-state index contributed by atoms with van der Waals surface area (Å²) in [5.74, 6) is 0.729. The van der Waals surface area contributed by atoms with Crippen molar-refractivity contribution in [3.05, 3.63) is 6.33 Å². The first-order valence-electron chi connectivity index (χ1n) is 5.81. The highest BCUT2D eigenvalue weighted by atomic mass is 31.2. The van der Waals surface area contributed by atoms with Gasteiger partial charge in [0.15, 0.2) is 12.1 Å². The van der Waals surface area contributed by atoms with Gasteiger partial charge < -0.3 is 45.9 Å². The Kier molecular flexibility index (Phi) is 9.21. The van der Waals surface area contributed by atoms with E-state index in [2.05, 4.69) is 19.8 Å². The Labute approximate surface area is 129 Å². The smallest absolute Gasteiger partial charge is 0.388 e. The molecule has 3 unspecified atom stereocenters. The molecular weight excluding hydrogens is 339 g/mol. The maximum absolute atomic E-state index is 10.1. The molecule has 0 aliphatic carbocycles. The lowest BCUT2D eigenvalue weighted by Gasteiger charge is -2.19. The maximum atomic E-state index is 10.1. The van der Waals surface area contributed by atoms with Gasteiger partial charge in [-0.3, -0.25) is 9.32 Å². The highest BCUT2D eigenvalue weighted by Crippen LogP contribution is 2.35. The fourth-order valence-corrected chi connectivity index (χ4v) is 1.40. The van der Waals surface area contributed by atoms with Crippen molar-refractivity contribution in [3.8, 4) is 0 Å². The van der Waals surface area contributed by atoms with Gasteiger partial charge in [0.05, 0.1) is 12.9 Å². The number of amides is 1. The molecule has 1 aromatic rings. The summed E-state index contributed by atoms with van der Waals surface area (Å²) in [7, 11) is -4.74. The number of nitrogens with zero attached hydrogens (tertiary/aromatic N) is 1. The molecule has 0 aromatic carbocycles. The second-order valence-corrected chi connectivity index (χ2v) is 5.14. The van der Waals surface area contributed by atoms with E-state index < -0.39 is 32.7 Å². The SMILES string of the molecule is Nc1[nH]cnc1NC=O.O=CC(O)C(O)C(O)COP(=O)(O)O. The van der Waals surface area contributed by atoms with E-state index in [0.29, 0.717) is 18.0 Å². The van der Waals surface area contributed by atoms with Crippen molar-refractivity contribution in [2.75, 3.05) is 17.7 Å². The number of hydrogen-bond donors (Lipinski definition) is 8. The number of rotatable bonds is 8. The second-order valence-electron chi connectivity index (χ2n) is 3.90. The summed E-state index contributed by atoms with van der Waals surface area (Å²) in [6.45, 7) is -0.893. The number of H-pyrrole nitrogens is 1. The number of aromatic amines is 1. The van der Waals surface area contributed by atoms with Crippen molar-refractivity contribution in [3.63, 3.8) is 0 Å². The van der Waals surface area contributed by atoms with Crippen molar-refractivity contribution >= 4 is 32.2 Å². The minimum Gasteiger partial charge on any atom is -0.388 e. The van der Waals surface area contributed by atoms with Crippen LogP contribution in [0.3, 0.4) is 0 Å². The molecule has 23 heavy (non-hydrogen) atoms. The van der Waals surface area contributed by atoms with Gasteiger partial charge >= 0.3 is 7.82 Å². The lowest BCUT2D eigenvalue weighted by atomic mass is 10.1. The number of hydrogen-bond acceptors (Lipinski definition) is 9. The number of phosphoric acid groups is 1. The molecule has 1 amide bonds. The molecular formula is C9H17N4O9P. The fraction of sp³-hybridized carbons (Fsp3) is 0.444. The van der Waals surface area contributed by atoms with Crippen LogP contribution in [0.1, 0.15) is 0 Å². The number of nitrogen functional groups attached to an aromatic ring is 1. The van der Waals surface area contributed by atoms with Crippen LogP contribution in [0.15, 0.2) is 6.33 Å². The minimum absolute atomic E-state index is 0.0225. The number of aliphatic hydroxyl groups excluding tert-OH is 3. The van der Waals surface area contributed by atoms with E-state index in [1.807, 2.05) is 0 Å². The summed E-state index contributed by atoms with van der Waals surface area (Å²) in [5.41, 5.74) is 5.29. The van der Waals surface area contributed by atoms with E-state index in [1.54, 1.807) is 0 Å². The van der Waals surface area contributed by atoms with Crippen LogP contribution in [0.2, 0.25) is 0 Å². The van der Waals surface area contributed by atoms with Crippen LogP contribution >= 0.6 is 7.82 Å². The van der Waals surface area contributed by atoms with E-state index >= 15 is 0 Å². The maximum Gasteiger partial charge on any atom is 0.469 e. The number of carbonyl (C=O) groups is 2. The Hall–Kier alpha value is -1.86. The van der Waals surface area contributed by atoms with Crippen LogP contribution in [0.5, 0.6) is 0 Å². The third-order valence-electron chi connectivity index (χ3n) is 2.16. The Morgan fingerprint density at radius 3 is 2.39 bits per heavy atom. The van der Waals surface area contributed by atoms with Gasteiger partial charge in [-0.15, -0.1) is 0 Å². The predicted octanol–water partition coefficient (Wildman–Crippen LogP) is -3.06. The number of aliphatic hydroxyl groups is 3. The van der Waals surface area contributed by atoms with Gasteiger partial charge in [-0.1, -0.05) is 0 Å². The number of imidazole rings is 1. The summed E-state index contributed by atoms with van der Waals surface area (Å²) < 4.78 is 14.0.